The van der Waals surface area contributed by atoms with Gasteiger partial charge in [-0.2, -0.15) is 4.31 Å². The standard InChI is InChI=1S/C16H25N3O4S2/c1-2-17-10-12-18(13-11-17)25(22,23)16-7-5-15(6-8-16)19-9-3-4-14-24(19,20)21/h5-8H,2-4,9-14H2,1H3. The van der Waals surface area contributed by atoms with Crippen LogP contribution in [0.5, 0.6) is 0 Å². The number of benzene rings is 1. The van der Waals surface area contributed by atoms with Crippen LogP contribution in [0.4, 0.5) is 5.69 Å². The first-order valence-corrected chi connectivity index (χ1v) is 11.7. The Morgan fingerprint density at radius 1 is 0.960 bits per heavy atom. The van der Waals surface area contributed by atoms with Gasteiger partial charge in [0.05, 0.1) is 16.3 Å². The summed E-state index contributed by atoms with van der Waals surface area (Å²) in [5, 5.41) is 0. The van der Waals surface area contributed by atoms with Crippen molar-refractivity contribution in [1.29, 1.82) is 0 Å². The van der Waals surface area contributed by atoms with E-state index >= 15 is 0 Å². The molecule has 2 aliphatic rings. The van der Waals surface area contributed by atoms with Crippen LogP contribution in [0.15, 0.2) is 29.2 Å². The predicted molar refractivity (Wildman–Crippen MR) is 97.7 cm³/mol. The van der Waals surface area contributed by atoms with Gasteiger partial charge in [0.25, 0.3) is 0 Å². The zero-order chi connectivity index (χ0) is 18.1. The smallest absolute Gasteiger partial charge is 0.243 e. The molecule has 0 N–H and O–H groups in total. The summed E-state index contributed by atoms with van der Waals surface area (Å²) in [5.41, 5.74) is 0.537. The third kappa shape index (κ3) is 3.84. The molecule has 0 radical (unpaired) electrons. The van der Waals surface area contributed by atoms with Crippen molar-refractivity contribution < 1.29 is 16.8 Å². The SMILES string of the molecule is CCN1CCN(S(=O)(=O)c2ccc(N3CCCCS3(=O)=O)cc2)CC1. The molecule has 0 aliphatic carbocycles. The van der Waals surface area contributed by atoms with E-state index < -0.39 is 20.0 Å². The number of rotatable bonds is 4. The Balaban J connectivity index is 1.78. The van der Waals surface area contributed by atoms with Crippen LogP contribution in [0.25, 0.3) is 0 Å². The van der Waals surface area contributed by atoms with Crippen molar-refractivity contribution in [3.63, 3.8) is 0 Å². The fourth-order valence-corrected chi connectivity index (χ4v) is 6.36. The molecule has 1 aromatic carbocycles. The van der Waals surface area contributed by atoms with Crippen LogP contribution in [0.3, 0.4) is 0 Å². The molecule has 9 heteroatoms. The van der Waals surface area contributed by atoms with Crippen LogP contribution in [0.2, 0.25) is 0 Å². The van der Waals surface area contributed by atoms with Crippen LogP contribution in [0.1, 0.15) is 19.8 Å². The van der Waals surface area contributed by atoms with E-state index in [-0.39, 0.29) is 10.6 Å². The van der Waals surface area contributed by atoms with Gasteiger partial charge in [-0.05, 0) is 43.7 Å². The molecular formula is C16H25N3O4S2. The Bertz CT molecular complexity index is 798. The van der Waals surface area contributed by atoms with Crippen LogP contribution in [-0.4, -0.2) is 71.1 Å². The highest BCUT2D eigenvalue weighted by Crippen LogP contribution is 2.26. The molecule has 7 nitrogen and oxygen atoms in total. The number of sulfonamides is 2. The molecule has 2 heterocycles. The van der Waals surface area contributed by atoms with Gasteiger partial charge < -0.3 is 4.90 Å². The predicted octanol–water partition coefficient (Wildman–Crippen LogP) is 0.943. The second-order valence-electron chi connectivity index (χ2n) is 6.43. The summed E-state index contributed by atoms with van der Waals surface area (Å²) in [6.45, 7) is 5.88. The van der Waals surface area contributed by atoms with Gasteiger partial charge in [0.15, 0.2) is 0 Å². The van der Waals surface area contributed by atoms with Gasteiger partial charge in [0, 0.05) is 32.7 Å². The molecule has 0 aromatic heterocycles. The minimum Gasteiger partial charge on any atom is -0.301 e. The molecule has 1 aromatic rings. The first-order valence-electron chi connectivity index (χ1n) is 8.67. The van der Waals surface area contributed by atoms with Gasteiger partial charge in [-0.15, -0.1) is 0 Å². The number of anilines is 1. The van der Waals surface area contributed by atoms with Gasteiger partial charge in [-0.3, -0.25) is 4.31 Å². The largest absolute Gasteiger partial charge is 0.301 e. The molecule has 2 aliphatic heterocycles. The molecule has 0 amide bonds. The molecular weight excluding hydrogens is 362 g/mol. The fourth-order valence-electron chi connectivity index (χ4n) is 3.30. The molecule has 0 unspecified atom stereocenters. The highest BCUT2D eigenvalue weighted by molar-refractivity contribution is 7.92. The normalized spacial score (nSPS) is 22.8. The summed E-state index contributed by atoms with van der Waals surface area (Å²) >= 11 is 0. The van der Waals surface area contributed by atoms with Crippen LogP contribution in [0, 0.1) is 0 Å². The molecule has 3 rings (SSSR count). The molecule has 0 saturated carbocycles. The minimum atomic E-state index is -3.53. The number of nitrogens with zero attached hydrogens (tertiary/aromatic N) is 3. The third-order valence-corrected chi connectivity index (χ3v) is 8.67. The van der Waals surface area contributed by atoms with E-state index in [1.54, 1.807) is 12.1 Å². The van der Waals surface area contributed by atoms with Crippen molar-refractivity contribution in [2.75, 3.05) is 49.3 Å². The van der Waals surface area contributed by atoms with Gasteiger partial charge in [0.2, 0.25) is 20.0 Å². The van der Waals surface area contributed by atoms with Crippen molar-refractivity contribution in [1.82, 2.24) is 9.21 Å². The van der Waals surface area contributed by atoms with E-state index in [0.717, 1.165) is 26.1 Å². The first-order chi connectivity index (χ1) is 11.8. The van der Waals surface area contributed by atoms with Crippen LogP contribution >= 0.6 is 0 Å². The zero-order valence-electron chi connectivity index (χ0n) is 14.5. The van der Waals surface area contributed by atoms with Crippen molar-refractivity contribution in [3.05, 3.63) is 24.3 Å². The Morgan fingerprint density at radius 2 is 1.60 bits per heavy atom. The summed E-state index contributed by atoms with van der Waals surface area (Å²) in [4.78, 5) is 2.44. The lowest BCUT2D eigenvalue weighted by molar-refractivity contribution is 0.196. The lowest BCUT2D eigenvalue weighted by Crippen LogP contribution is -2.48. The fraction of sp³-hybridized carbons (Fsp3) is 0.625. The summed E-state index contributed by atoms with van der Waals surface area (Å²) in [6, 6.07) is 6.22. The summed E-state index contributed by atoms with van der Waals surface area (Å²) in [7, 11) is -6.82. The average molecular weight is 388 g/mol. The topological polar surface area (TPSA) is 78.0 Å². The first kappa shape index (κ1) is 18.6. The van der Waals surface area contributed by atoms with E-state index in [9.17, 15) is 16.8 Å². The monoisotopic (exact) mass is 387 g/mol. The Labute approximate surface area is 150 Å². The Hall–Kier alpha value is -1.16. The highest BCUT2D eigenvalue weighted by Gasteiger charge is 2.29. The maximum atomic E-state index is 12.8. The van der Waals surface area contributed by atoms with E-state index in [1.165, 1.54) is 20.7 Å². The van der Waals surface area contributed by atoms with Gasteiger partial charge in [-0.1, -0.05) is 6.92 Å². The zero-order valence-corrected chi connectivity index (χ0v) is 16.1. The summed E-state index contributed by atoms with van der Waals surface area (Å²) in [6.07, 6.45) is 1.50. The lowest BCUT2D eigenvalue weighted by Gasteiger charge is -2.33. The maximum absolute atomic E-state index is 12.8. The number of likely N-dealkylation sites (N-methyl/N-ethyl adjacent to an activating group) is 1. The van der Waals surface area contributed by atoms with Crippen molar-refractivity contribution in [2.45, 2.75) is 24.7 Å². The minimum absolute atomic E-state index is 0.148. The average Bonchev–Trinajstić information content (AvgIpc) is 2.61. The molecule has 25 heavy (non-hydrogen) atoms. The second-order valence-corrected chi connectivity index (χ2v) is 10.4. The van der Waals surface area contributed by atoms with Crippen molar-refractivity contribution in [3.8, 4) is 0 Å². The van der Waals surface area contributed by atoms with Crippen LogP contribution < -0.4 is 4.31 Å². The van der Waals surface area contributed by atoms with E-state index in [2.05, 4.69) is 11.8 Å². The number of hydrogen-bond acceptors (Lipinski definition) is 5. The van der Waals surface area contributed by atoms with Gasteiger partial charge in [0.1, 0.15) is 0 Å². The van der Waals surface area contributed by atoms with Crippen LogP contribution in [-0.2, 0) is 20.0 Å². The van der Waals surface area contributed by atoms with Gasteiger partial charge in [-0.25, -0.2) is 16.8 Å². The van der Waals surface area contributed by atoms with E-state index in [4.69, 9.17) is 0 Å². The number of piperazine rings is 1. The second kappa shape index (κ2) is 7.22. The molecule has 2 saturated heterocycles. The van der Waals surface area contributed by atoms with Crippen molar-refractivity contribution >= 4 is 25.7 Å². The summed E-state index contributed by atoms with van der Waals surface area (Å²) in [5.74, 6) is 0.148. The Morgan fingerprint density at radius 3 is 2.16 bits per heavy atom. The molecule has 0 bridgehead atoms. The highest BCUT2D eigenvalue weighted by atomic mass is 32.2. The maximum Gasteiger partial charge on any atom is 0.243 e. The van der Waals surface area contributed by atoms with Crippen molar-refractivity contribution in [2.24, 2.45) is 0 Å². The van der Waals surface area contributed by atoms with E-state index in [0.29, 0.717) is 31.7 Å². The molecule has 140 valence electrons. The molecule has 0 atom stereocenters. The van der Waals surface area contributed by atoms with E-state index in [1.807, 2.05) is 0 Å². The quantitative estimate of drug-likeness (QED) is 0.768. The molecule has 2 fully saturated rings. The Kier molecular flexibility index (Phi) is 5.38. The molecule has 0 spiro atoms. The third-order valence-electron chi connectivity index (χ3n) is 4.89. The lowest BCUT2D eigenvalue weighted by atomic mass is 10.3. The van der Waals surface area contributed by atoms with Gasteiger partial charge >= 0.3 is 0 Å². The summed E-state index contributed by atoms with van der Waals surface area (Å²) < 4.78 is 52.8. The number of hydrogen-bond donors (Lipinski definition) is 0.